The van der Waals surface area contributed by atoms with Gasteiger partial charge in [-0.15, -0.1) is 0 Å². The first-order valence-electron chi connectivity index (χ1n) is 7.29. The number of nitrogens with zero attached hydrogens (tertiary/aromatic N) is 2. The molecule has 0 saturated carbocycles. The zero-order valence-electron chi connectivity index (χ0n) is 11.7. The summed E-state index contributed by atoms with van der Waals surface area (Å²) >= 11 is 0. The van der Waals surface area contributed by atoms with Crippen molar-refractivity contribution in [3.63, 3.8) is 0 Å². The van der Waals surface area contributed by atoms with Crippen LogP contribution in [0.1, 0.15) is 24.8 Å². The number of aromatic nitrogens is 1. The second-order valence-electron chi connectivity index (χ2n) is 5.17. The van der Waals surface area contributed by atoms with E-state index in [0.717, 1.165) is 24.7 Å². The van der Waals surface area contributed by atoms with Crippen LogP contribution in [-0.4, -0.2) is 18.1 Å². The van der Waals surface area contributed by atoms with E-state index in [9.17, 15) is 0 Å². The van der Waals surface area contributed by atoms with E-state index in [1.165, 1.54) is 24.8 Å². The summed E-state index contributed by atoms with van der Waals surface area (Å²) < 4.78 is 5.75. The monoisotopic (exact) mass is 268 g/mol. The molecule has 0 atom stereocenters. The van der Waals surface area contributed by atoms with E-state index in [-0.39, 0.29) is 0 Å². The van der Waals surface area contributed by atoms with E-state index in [1.54, 1.807) is 0 Å². The molecule has 1 fully saturated rings. The SMILES string of the molecule is c1ccc(COc2ccc(N3CCCCC3)nc2)cc1. The van der Waals surface area contributed by atoms with Gasteiger partial charge < -0.3 is 9.64 Å². The van der Waals surface area contributed by atoms with Crippen molar-refractivity contribution in [1.82, 2.24) is 4.98 Å². The highest BCUT2D eigenvalue weighted by molar-refractivity contribution is 5.41. The Kier molecular flexibility index (Phi) is 4.16. The number of hydrogen-bond donors (Lipinski definition) is 0. The highest BCUT2D eigenvalue weighted by Crippen LogP contribution is 2.20. The number of piperidine rings is 1. The van der Waals surface area contributed by atoms with Gasteiger partial charge in [0.1, 0.15) is 18.2 Å². The van der Waals surface area contributed by atoms with Gasteiger partial charge in [-0.05, 0) is 37.0 Å². The maximum Gasteiger partial charge on any atom is 0.138 e. The fourth-order valence-electron chi connectivity index (χ4n) is 2.51. The van der Waals surface area contributed by atoms with Crippen molar-refractivity contribution in [1.29, 1.82) is 0 Å². The summed E-state index contributed by atoms with van der Waals surface area (Å²) in [4.78, 5) is 6.87. The van der Waals surface area contributed by atoms with Gasteiger partial charge >= 0.3 is 0 Å². The molecule has 1 aromatic carbocycles. The van der Waals surface area contributed by atoms with E-state index >= 15 is 0 Å². The Morgan fingerprint density at radius 3 is 2.45 bits per heavy atom. The van der Waals surface area contributed by atoms with Crippen LogP contribution in [0.25, 0.3) is 0 Å². The molecular formula is C17H20N2O. The Bertz CT molecular complexity index is 518. The van der Waals surface area contributed by atoms with E-state index < -0.39 is 0 Å². The lowest BCUT2D eigenvalue weighted by Crippen LogP contribution is -2.29. The standard InChI is InChI=1S/C17H20N2O/c1-3-7-15(8-4-1)14-20-16-9-10-17(18-13-16)19-11-5-2-6-12-19/h1,3-4,7-10,13H,2,5-6,11-12,14H2. The van der Waals surface area contributed by atoms with E-state index in [0.29, 0.717) is 6.61 Å². The summed E-state index contributed by atoms with van der Waals surface area (Å²) in [6.07, 6.45) is 5.71. The Hall–Kier alpha value is -2.03. The molecular weight excluding hydrogens is 248 g/mol. The maximum atomic E-state index is 5.75. The van der Waals surface area contributed by atoms with Crippen LogP contribution in [0.15, 0.2) is 48.7 Å². The zero-order valence-corrected chi connectivity index (χ0v) is 11.7. The van der Waals surface area contributed by atoms with Crippen LogP contribution < -0.4 is 9.64 Å². The van der Waals surface area contributed by atoms with Gasteiger partial charge in [0.2, 0.25) is 0 Å². The van der Waals surface area contributed by atoms with Crippen LogP contribution >= 0.6 is 0 Å². The molecule has 3 nitrogen and oxygen atoms in total. The average Bonchev–Trinajstić information content (AvgIpc) is 2.55. The average molecular weight is 268 g/mol. The number of rotatable bonds is 4. The highest BCUT2D eigenvalue weighted by atomic mass is 16.5. The van der Waals surface area contributed by atoms with Crippen molar-refractivity contribution in [3.8, 4) is 5.75 Å². The molecule has 0 bridgehead atoms. The lowest BCUT2D eigenvalue weighted by molar-refractivity contribution is 0.305. The van der Waals surface area contributed by atoms with Crippen molar-refractivity contribution in [2.75, 3.05) is 18.0 Å². The molecule has 0 radical (unpaired) electrons. The molecule has 3 rings (SSSR count). The van der Waals surface area contributed by atoms with E-state index in [1.807, 2.05) is 30.5 Å². The molecule has 3 heteroatoms. The van der Waals surface area contributed by atoms with Crippen LogP contribution in [0.2, 0.25) is 0 Å². The molecule has 0 amide bonds. The van der Waals surface area contributed by atoms with E-state index in [4.69, 9.17) is 4.74 Å². The summed E-state index contributed by atoms with van der Waals surface area (Å²) in [6, 6.07) is 14.3. The van der Waals surface area contributed by atoms with Gasteiger partial charge in [0.15, 0.2) is 0 Å². The first-order chi connectivity index (χ1) is 9.92. The molecule has 1 aliphatic rings. The quantitative estimate of drug-likeness (QED) is 0.846. The van der Waals surface area contributed by atoms with Crippen molar-refractivity contribution < 1.29 is 4.74 Å². The third kappa shape index (κ3) is 3.29. The van der Waals surface area contributed by atoms with Gasteiger partial charge in [0.05, 0.1) is 6.20 Å². The lowest BCUT2D eigenvalue weighted by Gasteiger charge is -2.27. The Balaban J connectivity index is 1.58. The number of benzene rings is 1. The fourth-order valence-corrected chi connectivity index (χ4v) is 2.51. The Labute approximate surface area is 120 Å². The predicted molar refractivity (Wildman–Crippen MR) is 81.1 cm³/mol. The van der Waals surface area contributed by atoms with Gasteiger partial charge in [-0.3, -0.25) is 0 Å². The summed E-state index contributed by atoms with van der Waals surface area (Å²) in [5, 5.41) is 0. The Morgan fingerprint density at radius 1 is 0.950 bits per heavy atom. The number of pyridine rings is 1. The minimum Gasteiger partial charge on any atom is -0.487 e. The summed E-state index contributed by atoms with van der Waals surface area (Å²) in [5.74, 6) is 1.89. The second kappa shape index (κ2) is 6.42. The van der Waals surface area contributed by atoms with Crippen LogP contribution in [0.3, 0.4) is 0 Å². The largest absolute Gasteiger partial charge is 0.487 e. The van der Waals surface area contributed by atoms with Gasteiger partial charge in [-0.25, -0.2) is 4.98 Å². The third-order valence-electron chi connectivity index (χ3n) is 3.65. The molecule has 1 aromatic heterocycles. The van der Waals surface area contributed by atoms with Gasteiger partial charge in [-0.1, -0.05) is 30.3 Å². The smallest absolute Gasteiger partial charge is 0.138 e. The summed E-state index contributed by atoms with van der Waals surface area (Å²) in [5.41, 5.74) is 1.17. The number of ether oxygens (including phenoxy) is 1. The third-order valence-corrected chi connectivity index (χ3v) is 3.65. The molecule has 1 aliphatic heterocycles. The minimum atomic E-state index is 0.589. The minimum absolute atomic E-state index is 0.589. The molecule has 2 heterocycles. The van der Waals surface area contributed by atoms with Crippen molar-refractivity contribution in [2.45, 2.75) is 25.9 Å². The van der Waals surface area contributed by atoms with Crippen LogP contribution in [0.5, 0.6) is 5.75 Å². The molecule has 0 N–H and O–H groups in total. The van der Waals surface area contributed by atoms with Gasteiger partial charge in [0.25, 0.3) is 0 Å². The first kappa shape index (κ1) is 13.0. The van der Waals surface area contributed by atoms with Gasteiger partial charge in [-0.2, -0.15) is 0 Å². The maximum absolute atomic E-state index is 5.75. The van der Waals surface area contributed by atoms with Crippen LogP contribution in [0.4, 0.5) is 5.82 Å². The summed E-state index contributed by atoms with van der Waals surface area (Å²) in [6.45, 7) is 2.83. The molecule has 20 heavy (non-hydrogen) atoms. The predicted octanol–water partition coefficient (Wildman–Crippen LogP) is 3.65. The van der Waals surface area contributed by atoms with E-state index in [2.05, 4.69) is 28.1 Å². The topological polar surface area (TPSA) is 25.4 Å². The van der Waals surface area contributed by atoms with Crippen LogP contribution in [0, 0.1) is 0 Å². The van der Waals surface area contributed by atoms with Crippen molar-refractivity contribution >= 4 is 5.82 Å². The lowest BCUT2D eigenvalue weighted by atomic mass is 10.1. The summed E-state index contributed by atoms with van der Waals surface area (Å²) in [7, 11) is 0. The number of anilines is 1. The normalized spacial score (nSPS) is 15.1. The molecule has 104 valence electrons. The van der Waals surface area contributed by atoms with Crippen LogP contribution in [-0.2, 0) is 6.61 Å². The van der Waals surface area contributed by atoms with Crippen molar-refractivity contribution in [2.24, 2.45) is 0 Å². The highest BCUT2D eigenvalue weighted by Gasteiger charge is 2.11. The van der Waals surface area contributed by atoms with Crippen molar-refractivity contribution in [3.05, 3.63) is 54.2 Å². The molecule has 0 spiro atoms. The second-order valence-corrected chi connectivity index (χ2v) is 5.17. The fraction of sp³-hybridized carbons (Fsp3) is 0.353. The molecule has 0 aliphatic carbocycles. The van der Waals surface area contributed by atoms with Gasteiger partial charge in [0, 0.05) is 13.1 Å². The first-order valence-corrected chi connectivity index (χ1v) is 7.29. The molecule has 0 unspecified atom stereocenters. The Morgan fingerprint density at radius 2 is 1.75 bits per heavy atom. The molecule has 2 aromatic rings. The number of hydrogen-bond acceptors (Lipinski definition) is 3. The zero-order chi connectivity index (χ0) is 13.6. The molecule has 1 saturated heterocycles.